The minimum Gasteiger partial charge on any atom is -0.489 e. The maximum atomic E-state index is 12.5. The number of rotatable bonds is 12. The number of aliphatic hydroxyl groups excluding tert-OH is 1. The van der Waals surface area contributed by atoms with E-state index in [1.54, 1.807) is 0 Å². The van der Waals surface area contributed by atoms with Gasteiger partial charge in [-0.3, -0.25) is 0 Å². The van der Waals surface area contributed by atoms with Gasteiger partial charge in [-0.15, -0.1) is 0 Å². The van der Waals surface area contributed by atoms with Crippen LogP contribution in [-0.2, 0) is 18.0 Å². The Labute approximate surface area is 409 Å². The van der Waals surface area contributed by atoms with Gasteiger partial charge in [-0.05, 0) is 88.1 Å². The fourth-order valence-electron chi connectivity index (χ4n) is 8.93. The largest absolute Gasteiger partial charge is 0.489 e. The first-order valence-electron chi connectivity index (χ1n) is 23.2. The van der Waals surface area contributed by atoms with Gasteiger partial charge in [-0.25, -0.2) is 0 Å². The molecule has 1 N–H and O–H groups in total. The van der Waals surface area contributed by atoms with Crippen LogP contribution in [0.25, 0.3) is 76.5 Å². The zero-order chi connectivity index (χ0) is 47.7. The molecule has 0 bridgehead atoms. The third-order valence-electron chi connectivity index (χ3n) is 12.5. The minimum absolute atomic E-state index is 0.0774. The Balaban J connectivity index is 1.03. The highest BCUT2D eigenvalue weighted by Crippen LogP contribution is 2.53. The summed E-state index contributed by atoms with van der Waals surface area (Å²) in [5.41, 5.74) is 7.23. The van der Waals surface area contributed by atoms with Gasteiger partial charge in [0, 0.05) is 32.7 Å². The van der Waals surface area contributed by atoms with Gasteiger partial charge in [-0.1, -0.05) is 169 Å². The summed E-state index contributed by atoms with van der Waals surface area (Å²) < 4.78 is 53.4. The molecule has 2 heterocycles. The fourth-order valence-corrected chi connectivity index (χ4v) is 11.1. The molecule has 1 unspecified atom stereocenters. The van der Waals surface area contributed by atoms with Gasteiger partial charge < -0.3 is 40.4 Å². The van der Waals surface area contributed by atoms with Crippen LogP contribution in [0, 0.1) is 6.92 Å². The van der Waals surface area contributed by atoms with Crippen molar-refractivity contribution >= 4 is 81.9 Å². The maximum absolute atomic E-state index is 12.5. The normalized spacial score (nSPS) is 11.9. The van der Waals surface area contributed by atoms with E-state index in [1.165, 1.54) is 5.56 Å². The van der Waals surface area contributed by atoms with E-state index in [4.69, 9.17) is 35.3 Å². The second-order valence-corrected chi connectivity index (χ2v) is 19.1. The lowest BCUT2D eigenvalue weighted by atomic mass is 9.90. The zero-order valence-corrected chi connectivity index (χ0v) is 40.1. The molecule has 12 rings (SSSR count). The Morgan fingerprint density at radius 2 is 0.887 bits per heavy atom. The highest BCUT2D eigenvalue weighted by atomic mass is 31.1. The molecule has 0 aliphatic carbocycles. The molecule has 348 valence electrons. The molecule has 0 radical (unpaired) electrons. The smallest absolute Gasteiger partial charge is 0.453 e. The molecule has 0 fully saturated rings. The summed E-state index contributed by atoms with van der Waals surface area (Å²) in [7, 11) is -4.31. The summed E-state index contributed by atoms with van der Waals surface area (Å²) in [6.07, 6.45) is -1.49. The summed E-state index contributed by atoms with van der Waals surface area (Å²) in [6.45, 7) is 2.59. The lowest BCUT2D eigenvalue weighted by Crippen LogP contribution is -2.07. The monoisotopic (exact) mass is 970 g/mol. The van der Waals surface area contributed by atoms with Gasteiger partial charge >= 0.3 is 16.5 Å². The average Bonchev–Trinajstić information content (AvgIpc) is 3.67. The van der Waals surface area contributed by atoms with Crippen LogP contribution in [-0.4, -0.2) is 5.11 Å². The summed E-state index contributed by atoms with van der Waals surface area (Å²) in [5, 5.41) is 19.4. The van der Waals surface area contributed by atoms with E-state index in [-0.39, 0.29) is 12.4 Å². The molecule has 0 aliphatic rings. The average molecular weight is 971 g/mol. The van der Waals surface area contributed by atoms with Gasteiger partial charge in [0.05, 0.1) is 12.2 Å². The second-order valence-electron chi connectivity index (χ2n) is 17.1. The van der Waals surface area contributed by atoms with E-state index in [2.05, 4.69) is 37.3 Å². The lowest BCUT2D eigenvalue weighted by molar-refractivity contribution is -0.112. The number of benzene rings is 10. The quantitative estimate of drug-likeness (QED) is 0.120. The molecule has 9 nitrogen and oxygen atoms in total. The van der Waals surface area contributed by atoms with Crippen molar-refractivity contribution in [2.24, 2.45) is 0 Å². The zero-order valence-electron chi connectivity index (χ0n) is 38.3. The van der Waals surface area contributed by atoms with Gasteiger partial charge in [0.25, 0.3) is 0 Å². The Kier molecular flexibility index (Phi) is 12.0. The van der Waals surface area contributed by atoms with E-state index in [0.29, 0.717) is 51.4 Å². The van der Waals surface area contributed by atoms with Crippen LogP contribution >= 0.6 is 16.5 Å². The van der Waals surface area contributed by atoms with Crippen molar-refractivity contribution in [3.05, 3.63) is 235 Å². The Morgan fingerprint density at radius 1 is 0.437 bits per heavy atom. The molecule has 11 heteroatoms. The van der Waals surface area contributed by atoms with Crippen molar-refractivity contribution in [1.29, 1.82) is 0 Å². The molecule has 0 spiro atoms. The van der Waals surface area contributed by atoms with E-state index in [1.807, 2.05) is 182 Å². The van der Waals surface area contributed by atoms with Crippen LogP contribution in [0.2, 0.25) is 0 Å². The summed E-state index contributed by atoms with van der Waals surface area (Å²) in [5.74, 6) is 1.47. The number of hydrogen-bond acceptors (Lipinski definition) is 9. The summed E-state index contributed by atoms with van der Waals surface area (Å²) >= 11 is 0. The van der Waals surface area contributed by atoms with E-state index >= 15 is 0 Å². The SMILES string of the molecule is Cc1ccc(COc2ccc(COC(O)c3cc4ccccc4c(-c4c(Op5oc6ccccc6c6ccccc6o5)ccc5ccccc45)c3Op3oc4ccccc4c4ccccc4o3)cc2)cc1. The van der Waals surface area contributed by atoms with Crippen LogP contribution in [0.1, 0.15) is 28.5 Å². The predicted octanol–water partition coefficient (Wildman–Crippen LogP) is 17.6. The molecule has 0 saturated carbocycles. The van der Waals surface area contributed by atoms with Crippen molar-refractivity contribution in [1.82, 2.24) is 0 Å². The van der Waals surface area contributed by atoms with E-state index in [0.717, 1.165) is 60.0 Å². The first-order chi connectivity index (χ1) is 35.0. The number of fused-ring (bicyclic) bond motifs is 8. The fraction of sp³-hybridized carbons (Fsp3) is 0.0667. The minimum atomic E-state index is -2.23. The standard InChI is InChI=1S/C60H44O9P2/c1-39-26-28-40(29-27-39)37-62-44-33-30-41(31-34-44)38-63-60(61)51-36-43-15-3-5-17-46(43)58(59(51)69-71-66-54-24-12-8-20-49(54)50-21-9-13-25-55(50)67-71)57-45-16-4-2-14-42(45)32-35-56(57)68-70-64-52-22-10-6-18-47(52)48-19-7-11-23-53(48)65-70/h2-36,60-61H,37-38H2,1H3. The molecular formula is C60H44O9P2. The lowest BCUT2D eigenvalue weighted by Gasteiger charge is -2.22. The van der Waals surface area contributed by atoms with E-state index < -0.39 is 22.8 Å². The number of aryl methyl sites for hydroxylation is 1. The Morgan fingerprint density at radius 3 is 1.45 bits per heavy atom. The van der Waals surface area contributed by atoms with E-state index in [9.17, 15) is 5.11 Å². The molecule has 10 aromatic carbocycles. The molecule has 71 heavy (non-hydrogen) atoms. The molecule has 0 amide bonds. The van der Waals surface area contributed by atoms with Gasteiger partial charge in [0.2, 0.25) is 0 Å². The third kappa shape index (κ3) is 9.00. The highest BCUT2D eigenvalue weighted by Gasteiger charge is 2.28. The second kappa shape index (κ2) is 19.3. The van der Waals surface area contributed by atoms with Crippen LogP contribution in [0.5, 0.6) is 17.2 Å². The third-order valence-corrected chi connectivity index (χ3v) is 14.5. The highest BCUT2D eigenvalue weighted by molar-refractivity contribution is 7.32. The van der Waals surface area contributed by atoms with Gasteiger partial charge in [0.15, 0.2) is 12.0 Å². The van der Waals surface area contributed by atoms with Crippen LogP contribution in [0.3, 0.4) is 0 Å². The molecular weight excluding hydrogens is 927 g/mol. The molecule has 2 aromatic heterocycles. The molecule has 12 aromatic rings. The predicted molar refractivity (Wildman–Crippen MR) is 283 cm³/mol. The van der Waals surface area contributed by atoms with Crippen molar-refractivity contribution < 1.29 is 40.4 Å². The molecule has 1 atom stereocenters. The first kappa shape index (κ1) is 44.1. The van der Waals surface area contributed by atoms with Crippen molar-refractivity contribution in [2.45, 2.75) is 26.4 Å². The van der Waals surface area contributed by atoms with Crippen molar-refractivity contribution in [3.8, 4) is 28.4 Å². The Bertz CT molecular complexity index is 3880. The topological polar surface area (TPSA) is 110 Å². The van der Waals surface area contributed by atoms with Crippen LogP contribution < -0.4 is 13.8 Å². The number of ether oxygens (including phenoxy) is 2. The van der Waals surface area contributed by atoms with Crippen LogP contribution in [0.4, 0.5) is 0 Å². The van der Waals surface area contributed by atoms with Gasteiger partial charge in [0.1, 0.15) is 40.4 Å². The first-order valence-corrected chi connectivity index (χ1v) is 25.4. The summed E-state index contributed by atoms with van der Waals surface area (Å²) in [4.78, 5) is 0. The number of para-hydroxylation sites is 4. The number of aliphatic hydroxyl groups is 1. The molecule has 0 aliphatic heterocycles. The van der Waals surface area contributed by atoms with Gasteiger partial charge in [-0.2, -0.15) is 0 Å². The maximum Gasteiger partial charge on any atom is 0.453 e. The molecule has 0 saturated heterocycles. The van der Waals surface area contributed by atoms with Crippen molar-refractivity contribution in [2.75, 3.05) is 0 Å². The number of hydrogen-bond donors (Lipinski definition) is 1. The Hall–Kier alpha value is -8.16. The summed E-state index contributed by atoms with van der Waals surface area (Å²) in [6, 6.07) is 69.2. The van der Waals surface area contributed by atoms with Crippen LogP contribution in [0.15, 0.2) is 229 Å². The van der Waals surface area contributed by atoms with Crippen molar-refractivity contribution in [3.63, 3.8) is 0 Å².